The number of amides is 1. The Bertz CT molecular complexity index is 682. The predicted octanol–water partition coefficient (Wildman–Crippen LogP) is -0.414. The molecule has 0 aliphatic carbocycles. The molecule has 23 heavy (non-hydrogen) atoms. The van der Waals surface area contributed by atoms with Crippen LogP contribution in [-0.2, 0) is 10.0 Å². The van der Waals surface area contributed by atoms with Crippen LogP contribution in [-0.4, -0.2) is 58.5 Å². The van der Waals surface area contributed by atoms with Gasteiger partial charge in [0.25, 0.3) is 5.91 Å². The summed E-state index contributed by atoms with van der Waals surface area (Å²) in [5.41, 5.74) is 1.62. The second kappa shape index (κ2) is 7.39. The van der Waals surface area contributed by atoms with Crippen LogP contribution in [0.5, 0.6) is 0 Å². The molecule has 0 spiro atoms. The molecule has 8 heteroatoms. The van der Waals surface area contributed by atoms with Gasteiger partial charge in [-0.25, -0.2) is 13.6 Å². The number of nitrogens with zero attached hydrogens (tertiary/aromatic N) is 1. The van der Waals surface area contributed by atoms with Gasteiger partial charge in [0, 0.05) is 44.8 Å². The van der Waals surface area contributed by atoms with Crippen molar-refractivity contribution in [2.24, 2.45) is 5.14 Å². The molecule has 0 saturated carbocycles. The van der Waals surface area contributed by atoms with E-state index in [0.717, 1.165) is 38.3 Å². The van der Waals surface area contributed by atoms with E-state index in [9.17, 15) is 13.2 Å². The highest BCUT2D eigenvalue weighted by molar-refractivity contribution is 7.89. The van der Waals surface area contributed by atoms with E-state index < -0.39 is 10.0 Å². The molecule has 1 aromatic rings. The smallest absolute Gasteiger partial charge is 0.251 e. The second-order valence-corrected chi connectivity index (χ2v) is 7.34. The highest BCUT2D eigenvalue weighted by Gasteiger charge is 2.17. The Morgan fingerprint density at radius 3 is 2.57 bits per heavy atom. The minimum absolute atomic E-state index is 0.00440. The van der Waals surface area contributed by atoms with Gasteiger partial charge in [-0.3, -0.25) is 9.69 Å². The zero-order valence-corrected chi connectivity index (χ0v) is 14.4. The normalized spacial score (nSPS) is 16.3. The second-order valence-electron chi connectivity index (χ2n) is 5.81. The molecule has 1 heterocycles. The summed E-state index contributed by atoms with van der Waals surface area (Å²) in [5.74, 6) is -0.284. The first-order chi connectivity index (χ1) is 10.8. The van der Waals surface area contributed by atoms with Crippen LogP contribution in [0.1, 0.15) is 21.5 Å². The lowest BCUT2D eigenvalue weighted by atomic mass is 10.1. The van der Waals surface area contributed by atoms with Gasteiger partial charge in [-0.2, -0.15) is 0 Å². The minimum Gasteiger partial charge on any atom is -0.351 e. The highest BCUT2D eigenvalue weighted by atomic mass is 32.2. The number of rotatable bonds is 5. The van der Waals surface area contributed by atoms with Crippen LogP contribution >= 0.6 is 0 Å². The monoisotopic (exact) mass is 340 g/mol. The molecule has 1 amide bonds. The van der Waals surface area contributed by atoms with E-state index in [0.29, 0.717) is 17.7 Å². The summed E-state index contributed by atoms with van der Waals surface area (Å²) >= 11 is 0. The largest absolute Gasteiger partial charge is 0.351 e. The van der Waals surface area contributed by atoms with Gasteiger partial charge in [0.1, 0.15) is 0 Å². The molecule has 1 saturated heterocycles. The summed E-state index contributed by atoms with van der Waals surface area (Å²) in [5, 5.41) is 11.3. The fourth-order valence-corrected chi connectivity index (χ4v) is 3.50. The molecule has 1 fully saturated rings. The van der Waals surface area contributed by atoms with E-state index in [4.69, 9.17) is 5.14 Å². The van der Waals surface area contributed by atoms with Crippen molar-refractivity contribution in [2.45, 2.75) is 18.7 Å². The first kappa shape index (κ1) is 17.9. The van der Waals surface area contributed by atoms with Crippen LogP contribution < -0.4 is 15.8 Å². The van der Waals surface area contributed by atoms with Crippen molar-refractivity contribution in [3.8, 4) is 0 Å². The van der Waals surface area contributed by atoms with Gasteiger partial charge in [-0.1, -0.05) is 0 Å². The van der Waals surface area contributed by atoms with Crippen molar-refractivity contribution in [1.82, 2.24) is 15.5 Å². The van der Waals surface area contributed by atoms with Crippen molar-refractivity contribution < 1.29 is 13.2 Å². The van der Waals surface area contributed by atoms with Crippen molar-refractivity contribution >= 4 is 15.9 Å². The van der Waals surface area contributed by atoms with E-state index in [-0.39, 0.29) is 10.8 Å². The maximum atomic E-state index is 12.3. The van der Waals surface area contributed by atoms with Gasteiger partial charge in [0.05, 0.1) is 4.90 Å². The van der Waals surface area contributed by atoms with Crippen LogP contribution in [0.4, 0.5) is 0 Å². The number of nitrogens with two attached hydrogens (primary N) is 1. The summed E-state index contributed by atoms with van der Waals surface area (Å²) < 4.78 is 23.3. The molecule has 1 aliphatic rings. The number of nitrogens with one attached hydrogen (secondary N) is 2. The number of aryl methyl sites for hydroxylation is 1. The fourth-order valence-electron chi connectivity index (χ4n) is 2.62. The topological polar surface area (TPSA) is 105 Å². The van der Waals surface area contributed by atoms with Gasteiger partial charge in [-0.05, 0) is 37.1 Å². The molecule has 2 rings (SSSR count). The Kier molecular flexibility index (Phi) is 5.74. The Morgan fingerprint density at radius 2 is 1.96 bits per heavy atom. The molecule has 0 radical (unpaired) electrons. The quantitative estimate of drug-likeness (QED) is 0.676. The van der Waals surface area contributed by atoms with E-state index in [2.05, 4.69) is 15.5 Å². The lowest BCUT2D eigenvalue weighted by Crippen LogP contribution is -2.46. The SMILES string of the molecule is Cc1cc(C(=O)NCCN2CCNCC2)cc(S(N)(=O)=O)c1C. The summed E-state index contributed by atoms with van der Waals surface area (Å²) in [6, 6.07) is 3.03. The van der Waals surface area contributed by atoms with Crippen molar-refractivity contribution in [3.63, 3.8) is 0 Å². The summed E-state index contributed by atoms with van der Waals surface area (Å²) in [6.07, 6.45) is 0. The predicted molar refractivity (Wildman–Crippen MR) is 88.9 cm³/mol. The first-order valence-corrected chi connectivity index (χ1v) is 9.19. The number of sulfonamides is 1. The lowest BCUT2D eigenvalue weighted by Gasteiger charge is -2.27. The zero-order valence-electron chi connectivity index (χ0n) is 13.6. The Labute approximate surface area is 137 Å². The van der Waals surface area contributed by atoms with Gasteiger partial charge in [0.2, 0.25) is 10.0 Å². The van der Waals surface area contributed by atoms with Crippen LogP contribution in [0, 0.1) is 13.8 Å². The standard InChI is InChI=1S/C15H24N4O3S/c1-11-9-13(10-14(12(11)2)23(16,21)22)15(20)18-5-8-19-6-3-17-4-7-19/h9-10,17H,3-8H2,1-2H3,(H,18,20)(H2,16,21,22). The highest BCUT2D eigenvalue weighted by Crippen LogP contribution is 2.20. The fraction of sp³-hybridized carbons (Fsp3) is 0.533. The van der Waals surface area contributed by atoms with Gasteiger partial charge in [0.15, 0.2) is 0 Å². The third-order valence-corrected chi connectivity index (χ3v) is 5.15. The molecule has 0 atom stereocenters. The van der Waals surface area contributed by atoms with Crippen LogP contribution in [0.25, 0.3) is 0 Å². The molecule has 1 aromatic carbocycles. The van der Waals surface area contributed by atoms with Gasteiger partial charge in [-0.15, -0.1) is 0 Å². The van der Waals surface area contributed by atoms with Crippen molar-refractivity contribution in [1.29, 1.82) is 0 Å². The number of carbonyl (C=O) groups excluding carboxylic acids is 1. The van der Waals surface area contributed by atoms with E-state index >= 15 is 0 Å². The number of hydrogen-bond donors (Lipinski definition) is 3. The third-order valence-electron chi connectivity index (χ3n) is 4.11. The molecule has 128 valence electrons. The Morgan fingerprint density at radius 1 is 1.30 bits per heavy atom. The number of benzene rings is 1. The summed E-state index contributed by atoms with van der Waals surface area (Å²) in [6.45, 7) is 8.61. The van der Waals surface area contributed by atoms with E-state index in [1.165, 1.54) is 6.07 Å². The molecular formula is C15H24N4O3S. The number of hydrogen-bond acceptors (Lipinski definition) is 5. The average Bonchev–Trinajstić information content (AvgIpc) is 2.49. The molecule has 0 aromatic heterocycles. The van der Waals surface area contributed by atoms with E-state index in [1.54, 1.807) is 19.9 Å². The average molecular weight is 340 g/mol. The summed E-state index contributed by atoms with van der Waals surface area (Å²) in [7, 11) is -3.84. The van der Waals surface area contributed by atoms with Crippen LogP contribution in [0.2, 0.25) is 0 Å². The van der Waals surface area contributed by atoms with Crippen LogP contribution in [0.15, 0.2) is 17.0 Å². The Balaban J connectivity index is 2.03. The molecule has 7 nitrogen and oxygen atoms in total. The zero-order chi connectivity index (χ0) is 17.0. The van der Waals surface area contributed by atoms with E-state index in [1.807, 2.05) is 0 Å². The van der Waals surface area contributed by atoms with Crippen LogP contribution in [0.3, 0.4) is 0 Å². The van der Waals surface area contributed by atoms with Crippen molar-refractivity contribution in [3.05, 3.63) is 28.8 Å². The molecule has 0 bridgehead atoms. The lowest BCUT2D eigenvalue weighted by molar-refractivity contribution is 0.0947. The molecule has 0 unspecified atom stereocenters. The van der Waals surface area contributed by atoms with Crippen molar-refractivity contribution in [2.75, 3.05) is 39.3 Å². The molecule has 1 aliphatic heterocycles. The number of primary sulfonamides is 1. The van der Waals surface area contributed by atoms with Gasteiger partial charge < -0.3 is 10.6 Å². The third kappa shape index (κ3) is 4.74. The minimum atomic E-state index is -3.84. The number of piperazine rings is 1. The summed E-state index contributed by atoms with van der Waals surface area (Å²) in [4.78, 5) is 14.5. The number of carbonyl (C=O) groups is 1. The van der Waals surface area contributed by atoms with Gasteiger partial charge >= 0.3 is 0 Å². The molecular weight excluding hydrogens is 316 g/mol. The first-order valence-electron chi connectivity index (χ1n) is 7.64. The maximum absolute atomic E-state index is 12.3. The Hall–Kier alpha value is -1.48. The maximum Gasteiger partial charge on any atom is 0.251 e. The molecule has 4 N–H and O–H groups in total.